The van der Waals surface area contributed by atoms with Crippen molar-refractivity contribution in [2.75, 3.05) is 5.32 Å². The molecule has 0 aromatic heterocycles. The van der Waals surface area contributed by atoms with Gasteiger partial charge < -0.3 is 5.32 Å². The van der Waals surface area contributed by atoms with Gasteiger partial charge in [-0.3, -0.25) is 4.79 Å². The number of benzene rings is 2. The molecule has 0 aliphatic rings. The average molecular weight is 240 g/mol. The summed E-state index contributed by atoms with van der Waals surface area (Å²) < 4.78 is 13.0. The number of hydrogen-bond donors (Lipinski definition) is 1. The first-order valence-electron chi connectivity index (χ1n) is 5.27. The Morgan fingerprint density at radius 3 is 2.67 bits per heavy atom. The summed E-state index contributed by atoms with van der Waals surface area (Å²) in [5.41, 5.74) is 0.985. The Morgan fingerprint density at radius 1 is 1.17 bits per heavy atom. The molecule has 2 aromatic carbocycles. The lowest BCUT2D eigenvalue weighted by atomic mass is 10.1. The highest BCUT2D eigenvalue weighted by molar-refractivity contribution is 6.04. The lowest BCUT2D eigenvalue weighted by molar-refractivity contribution is 0.102. The molecule has 4 heteroatoms. The highest BCUT2D eigenvalue weighted by Gasteiger charge is 2.09. The molecule has 18 heavy (non-hydrogen) atoms. The highest BCUT2D eigenvalue weighted by Crippen LogP contribution is 2.15. The molecule has 0 radical (unpaired) electrons. The van der Waals surface area contributed by atoms with Gasteiger partial charge in [0, 0.05) is 5.56 Å². The fourth-order valence-electron chi connectivity index (χ4n) is 1.51. The summed E-state index contributed by atoms with van der Waals surface area (Å²) in [5, 5.41) is 11.5. The van der Waals surface area contributed by atoms with E-state index in [1.54, 1.807) is 24.3 Å². The molecule has 0 spiro atoms. The third-order valence-corrected chi connectivity index (χ3v) is 2.38. The molecule has 1 amide bonds. The fourth-order valence-corrected chi connectivity index (χ4v) is 1.51. The molecule has 88 valence electrons. The number of hydrogen-bond acceptors (Lipinski definition) is 2. The van der Waals surface area contributed by atoms with Crippen LogP contribution in [0.4, 0.5) is 10.1 Å². The van der Waals surface area contributed by atoms with Gasteiger partial charge in [0.25, 0.3) is 5.91 Å². The number of nitriles is 1. The number of carbonyl (C=O) groups excluding carboxylic acids is 1. The Hall–Kier alpha value is -2.67. The van der Waals surface area contributed by atoms with Gasteiger partial charge in [0.1, 0.15) is 11.9 Å². The number of amides is 1. The zero-order valence-corrected chi connectivity index (χ0v) is 9.35. The Morgan fingerprint density at radius 2 is 1.94 bits per heavy atom. The van der Waals surface area contributed by atoms with Crippen LogP contribution in [0.2, 0.25) is 0 Å². The van der Waals surface area contributed by atoms with E-state index in [1.807, 2.05) is 6.07 Å². The van der Waals surface area contributed by atoms with Crippen LogP contribution < -0.4 is 5.32 Å². The number of anilines is 1. The molecule has 0 fully saturated rings. The third kappa shape index (κ3) is 2.53. The second-order valence-corrected chi connectivity index (χ2v) is 3.62. The average Bonchev–Trinajstić information content (AvgIpc) is 2.39. The van der Waals surface area contributed by atoms with Gasteiger partial charge in [-0.1, -0.05) is 18.2 Å². The maximum absolute atomic E-state index is 13.0. The van der Waals surface area contributed by atoms with Crippen LogP contribution in [0, 0.1) is 17.1 Å². The largest absolute Gasteiger partial charge is 0.321 e. The molecule has 0 atom stereocenters. The van der Waals surface area contributed by atoms with Crippen molar-refractivity contribution < 1.29 is 9.18 Å². The Kier molecular flexibility index (Phi) is 3.35. The zero-order valence-electron chi connectivity index (χ0n) is 9.35. The monoisotopic (exact) mass is 240 g/mol. The highest BCUT2D eigenvalue weighted by atomic mass is 19.1. The van der Waals surface area contributed by atoms with E-state index in [1.165, 1.54) is 18.2 Å². The zero-order chi connectivity index (χ0) is 13.0. The Bertz CT molecular complexity index is 632. The molecule has 0 saturated carbocycles. The number of halogens is 1. The van der Waals surface area contributed by atoms with Crippen molar-refractivity contribution >= 4 is 11.6 Å². The molecular formula is C14H9FN2O. The van der Waals surface area contributed by atoms with E-state index in [2.05, 4.69) is 5.32 Å². The van der Waals surface area contributed by atoms with Crippen molar-refractivity contribution in [3.05, 3.63) is 65.5 Å². The van der Waals surface area contributed by atoms with E-state index in [4.69, 9.17) is 5.26 Å². The molecule has 0 heterocycles. The minimum absolute atomic E-state index is 0.211. The second-order valence-electron chi connectivity index (χ2n) is 3.62. The van der Waals surface area contributed by atoms with Crippen LogP contribution in [-0.4, -0.2) is 5.91 Å². The molecule has 0 unspecified atom stereocenters. The molecule has 0 aliphatic carbocycles. The third-order valence-electron chi connectivity index (χ3n) is 2.38. The van der Waals surface area contributed by atoms with Crippen LogP contribution in [0.1, 0.15) is 15.9 Å². The summed E-state index contributed by atoms with van der Waals surface area (Å²) >= 11 is 0. The summed E-state index contributed by atoms with van der Waals surface area (Å²) in [4.78, 5) is 11.8. The summed E-state index contributed by atoms with van der Waals surface area (Å²) in [6.07, 6.45) is 0. The first kappa shape index (κ1) is 11.8. The minimum Gasteiger partial charge on any atom is -0.321 e. The van der Waals surface area contributed by atoms with Crippen molar-refractivity contribution in [1.29, 1.82) is 5.26 Å². The van der Waals surface area contributed by atoms with Crippen LogP contribution in [0.5, 0.6) is 0 Å². The number of nitrogens with zero attached hydrogens (tertiary/aromatic N) is 1. The first-order chi connectivity index (χ1) is 8.70. The Labute approximate surface area is 103 Å². The Balaban J connectivity index is 2.25. The van der Waals surface area contributed by atoms with Gasteiger partial charge in [0.2, 0.25) is 0 Å². The number of carbonyl (C=O) groups is 1. The molecule has 1 N–H and O–H groups in total. The van der Waals surface area contributed by atoms with E-state index in [0.717, 1.165) is 6.07 Å². The normalized spacial score (nSPS) is 9.56. The van der Waals surface area contributed by atoms with Crippen molar-refractivity contribution in [3.63, 3.8) is 0 Å². The van der Waals surface area contributed by atoms with Crippen molar-refractivity contribution in [3.8, 4) is 6.07 Å². The predicted molar refractivity (Wildman–Crippen MR) is 65.5 cm³/mol. The van der Waals surface area contributed by atoms with Crippen LogP contribution in [0.3, 0.4) is 0 Å². The molecule has 0 aliphatic heterocycles. The quantitative estimate of drug-likeness (QED) is 0.877. The fraction of sp³-hybridized carbons (Fsp3) is 0. The van der Waals surface area contributed by atoms with Crippen LogP contribution in [0.25, 0.3) is 0 Å². The van der Waals surface area contributed by atoms with Gasteiger partial charge in [-0.25, -0.2) is 4.39 Å². The molecule has 2 rings (SSSR count). The maximum atomic E-state index is 13.0. The first-order valence-corrected chi connectivity index (χ1v) is 5.27. The lowest BCUT2D eigenvalue weighted by Crippen LogP contribution is -2.12. The van der Waals surface area contributed by atoms with Gasteiger partial charge in [-0.05, 0) is 30.3 Å². The van der Waals surface area contributed by atoms with E-state index >= 15 is 0 Å². The maximum Gasteiger partial charge on any atom is 0.255 e. The van der Waals surface area contributed by atoms with Crippen LogP contribution in [-0.2, 0) is 0 Å². The van der Waals surface area contributed by atoms with Crippen molar-refractivity contribution in [2.45, 2.75) is 0 Å². The van der Waals surface area contributed by atoms with E-state index in [0.29, 0.717) is 11.3 Å². The van der Waals surface area contributed by atoms with E-state index < -0.39 is 11.7 Å². The van der Waals surface area contributed by atoms with Crippen molar-refractivity contribution in [1.82, 2.24) is 0 Å². The second kappa shape index (κ2) is 5.11. The van der Waals surface area contributed by atoms with E-state index in [9.17, 15) is 9.18 Å². The topological polar surface area (TPSA) is 52.9 Å². The van der Waals surface area contributed by atoms with Gasteiger partial charge in [0.05, 0.1) is 11.3 Å². The molecule has 0 bridgehead atoms. The molecule has 0 saturated heterocycles. The van der Waals surface area contributed by atoms with Crippen LogP contribution >= 0.6 is 0 Å². The van der Waals surface area contributed by atoms with Gasteiger partial charge in [-0.15, -0.1) is 0 Å². The van der Waals surface area contributed by atoms with Gasteiger partial charge in [0.15, 0.2) is 0 Å². The SMILES string of the molecule is N#Cc1ccccc1NC(=O)c1cccc(F)c1. The lowest BCUT2D eigenvalue weighted by Gasteiger charge is -2.06. The predicted octanol–water partition coefficient (Wildman–Crippen LogP) is 2.95. The van der Waals surface area contributed by atoms with E-state index in [-0.39, 0.29) is 5.56 Å². The smallest absolute Gasteiger partial charge is 0.255 e. The summed E-state index contributed by atoms with van der Waals surface area (Å²) in [6.45, 7) is 0. The van der Waals surface area contributed by atoms with Gasteiger partial charge >= 0.3 is 0 Å². The molecule has 2 aromatic rings. The standard InChI is InChI=1S/C14H9FN2O/c15-12-6-3-5-10(8-12)14(18)17-13-7-2-1-4-11(13)9-16/h1-8H,(H,17,18). The summed E-state index contributed by atoms with van der Waals surface area (Å²) in [7, 11) is 0. The van der Waals surface area contributed by atoms with Gasteiger partial charge in [-0.2, -0.15) is 5.26 Å². The molecule has 3 nitrogen and oxygen atoms in total. The summed E-state index contributed by atoms with van der Waals surface area (Å²) in [6, 6.07) is 14.0. The number of nitrogens with one attached hydrogen (secondary N) is 1. The van der Waals surface area contributed by atoms with Crippen molar-refractivity contribution in [2.24, 2.45) is 0 Å². The number of para-hydroxylation sites is 1. The number of rotatable bonds is 2. The summed E-state index contributed by atoms with van der Waals surface area (Å²) in [5.74, 6) is -0.923. The molecular weight excluding hydrogens is 231 g/mol. The van der Waals surface area contributed by atoms with Crippen LogP contribution in [0.15, 0.2) is 48.5 Å². The minimum atomic E-state index is -0.476.